The molecule has 0 spiro atoms. The maximum atomic E-state index is 2.33. The van der Waals surface area contributed by atoms with Crippen molar-refractivity contribution < 1.29 is 0 Å². The Kier molecular flexibility index (Phi) is 28.7. The van der Waals surface area contributed by atoms with Gasteiger partial charge in [0.25, 0.3) is 0 Å². The number of fused-ring (bicyclic) bond motifs is 3. The van der Waals surface area contributed by atoms with Gasteiger partial charge in [0, 0.05) is 16.2 Å². The van der Waals surface area contributed by atoms with Crippen LogP contribution >= 0.6 is 0 Å². The lowest BCUT2D eigenvalue weighted by Crippen LogP contribution is -2.13. The van der Waals surface area contributed by atoms with Gasteiger partial charge in [-0.2, -0.15) is 0 Å². The summed E-state index contributed by atoms with van der Waals surface area (Å²) < 4.78 is 0. The molecule has 18 aromatic carbocycles. The Morgan fingerprint density at radius 3 is 0.533 bits per heavy atom. The molecule has 5 heteroatoms. The van der Waals surface area contributed by atoms with Gasteiger partial charge in [0.15, 0.2) is 73.4 Å². The van der Waals surface area contributed by atoms with Crippen molar-refractivity contribution in [1.29, 1.82) is 0 Å². The highest BCUT2D eigenvalue weighted by Gasteiger charge is 2.36. The number of hydrogen-bond donors (Lipinski definition) is 0. The van der Waals surface area contributed by atoms with E-state index in [9.17, 15) is 0 Å². The summed E-state index contributed by atoms with van der Waals surface area (Å²) in [4.78, 5) is 20.5. The van der Waals surface area contributed by atoms with E-state index in [1.54, 1.807) is 0 Å². The summed E-state index contributed by atoms with van der Waals surface area (Å²) >= 11 is 0. The van der Waals surface area contributed by atoms with Crippen LogP contribution in [0.5, 0.6) is 0 Å². The van der Waals surface area contributed by atoms with Gasteiger partial charge < -0.3 is 0 Å². The first-order valence-corrected chi connectivity index (χ1v) is 47.5. The molecule has 0 aromatic heterocycles. The maximum absolute atomic E-state index is 2.33. The Morgan fingerprint density at radius 2 is 0.308 bits per heavy atom. The van der Waals surface area contributed by atoms with E-state index >= 15 is 0 Å². The fraction of sp³-hybridized carbons (Fsp3) is 0.113. The van der Waals surface area contributed by atoms with Crippen LogP contribution in [-0.4, -0.2) is 0 Å². The molecule has 0 atom stereocenters. The first-order chi connectivity index (χ1) is 58.4. The summed E-state index contributed by atoms with van der Waals surface area (Å²) in [6.07, 6.45) is 0. The van der Waals surface area contributed by atoms with Crippen molar-refractivity contribution in [2.24, 2.45) is 0 Å². The van der Waals surface area contributed by atoms with Gasteiger partial charge >= 0.3 is 0 Å². The molecule has 0 aliphatic rings. The van der Waals surface area contributed by atoms with Gasteiger partial charge in [-0.3, -0.25) is 0 Å². The number of hydrogen-bond acceptors (Lipinski definition) is 0. The van der Waals surface area contributed by atoms with Gasteiger partial charge in [0.1, 0.15) is 10.9 Å². The van der Waals surface area contributed by atoms with E-state index in [4.69, 9.17) is 0 Å². The van der Waals surface area contributed by atoms with Crippen molar-refractivity contribution in [3.63, 3.8) is 0 Å². The van der Waals surface area contributed by atoms with Crippen LogP contribution in [0.1, 0.15) is 84.6 Å². The van der Waals surface area contributed by atoms with Crippen molar-refractivity contribution >= 4 is 86.8 Å². The predicted octanol–water partition coefficient (Wildman–Crippen LogP) is 31.6. The van der Waals surface area contributed by atoms with Crippen molar-refractivity contribution in [2.75, 3.05) is 0 Å². The summed E-state index contributed by atoms with van der Waals surface area (Å²) in [7, 11) is -0.410. The Balaban J connectivity index is 0.000000124. The normalized spacial score (nSPS) is 11.5. The second-order valence-electron chi connectivity index (χ2n) is 32.6. The van der Waals surface area contributed by atoms with Crippen molar-refractivity contribution in [3.05, 3.63) is 489 Å². The standard InChI is InChI=1S/C30H39S.C26H19S.C22H17S.C19H17S.C18H15S/c1-28(2,3)22-10-16-25(17-11-22)31(26-18-12-23(13-19-26)29(4,5)6)27-20-14-24(15-21-27)30(7,8)9;1-2-14-22(15-3-1)27(25-18-8-12-20-10-4-6-16-23(20)25)26-19-9-13-21-11-5-7-17-24(21)26;1-3-12-19(13-4-1)23(20-14-5-2-6-15-20)22-17-9-11-18-10-7-8-16-21(18)22;1-16-12-14-19(15-13-16)20(17-8-4-2-5-9-17)18-10-6-3-7-11-18;1-4-10-16(11-5-1)19(17-12-6-2-7-13-17)18-14-8-3-9-15-18/h10-21H,1-9H3;1-19H;1-17H;2-15H,1H3;1-15H/q5*+1. The first-order valence-electron chi connectivity index (χ1n) is 41.3. The molecular formula is C115H107S5+5. The van der Waals surface area contributed by atoms with Crippen LogP contribution in [0.3, 0.4) is 0 Å². The van der Waals surface area contributed by atoms with E-state index < -0.39 is 0 Å². The quantitative estimate of drug-likeness (QED) is 0.0898. The molecule has 0 nitrogen and oxygen atoms in total. The molecule has 0 unspecified atom stereocenters. The van der Waals surface area contributed by atoms with E-state index in [-0.39, 0.29) is 70.7 Å². The van der Waals surface area contributed by atoms with E-state index in [0.717, 1.165) is 0 Å². The number of aryl methyl sites for hydroxylation is 1. The molecule has 0 saturated heterocycles. The van der Waals surface area contributed by atoms with Crippen molar-refractivity contribution in [3.8, 4) is 0 Å². The summed E-state index contributed by atoms with van der Waals surface area (Å²) in [5, 5.41) is 7.90. The second-order valence-corrected chi connectivity index (χ2v) is 42.6. The number of benzene rings is 18. The minimum atomic E-state index is -0.164. The van der Waals surface area contributed by atoms with E-state index in [1.807, 2.05) is 0 Å². The fourth-order valence-electron chi connectivity index (χ4n) is 14.5. The fourth-order valence-corrected chi connectivity index (χ4v) is 25.4. The van der Waals surface area contributed by atoms with Gasteiger partial charge in [-0.15, -0.1) is 0 Å². The average Bonchev–Trinajstić information content (AvgIpc) is 0.763. The largest absolute Gasteiger partial charge is 0.174 e. The van der Waals surface area contributed by atoms with Gasteiger partial charge in [-0.1, -0.05) is 353 Å². The van der Waals surface area contributed by atoms with Gasteiger partial charge in [0.2, 0.25) is 0 Å². The van der Waals surface area contributed by atoms with Gasteiger partial charge in [-0.05, 0) is 238 Å². The van der Waals surface area contributed by atoms with Crippen LogP contribution in [0.25, 0.3) is 32.3 Å². The molecule has 18 aromatic rings. The third kappa shape index (κ3) is 21.7. The molecule has 0 fully saturated rings. The third-order valence-corrected chi connectivity index (χ3v) is 32.2. The first kappa shape index (κ1) is 84.9. The van der Waals surface area contributed by atoms with Crippen LogP contribution < -0.4 is 0 Å². The lowest BCUT2D eigenvalue weighted by Gasteiger charge is -2.21. The molecule has 0 aliphatic heterocycles. The molecule has 0 amide bonds. The Bertz CT molecular complexity index is 5770. The smallest absolute Gasteiger partial charge is 0.0619 e. The molecule has 18 rings (SSSR count). The summed E-state index contributed by atoms with van der Waals surface area (Å²) in [5.74, 6) is 0. The molecule has 0 saturated carbocycles. The average molecular weight is 1650 g/mol. The second kappa shape index (κ2) is 40.5. The van der Waals surface area contributed by atoms with E-state index in [2.05, 4.69) is 536 Å². The van der Waals surface area contributed by atoms with E-state index in [0.29, 0.717) is 0 Å². The molecular weight excluding hydrogens is 1540 g/mol. The van der Waals surface area contributed by atoms with Crippen molar-refractivity contribution in [1.82, 2.24) is 0 Å². The summed E-state index contributed by atoms with van der Waals surface area (Å²) in [5.41, 5.74) is 5.95. The molecule has 0 aliphatic carbocycles. The van der Waals surface area contributed by atoms with Crippen LogP contribution in [0, 0.1) is 6.92 Å². The lowest BCUT2D eigenvalue weighted by atomic mass is 9.87. The zero-order valence-electron chi connectivity index (χ0n) is 70.5. The van der Waals surface area contributed by atoms with Gasteiger partial charge in [0.05, 0.1) is 43.6 Å². The zero-order chi connectivity index (χ0) is 83.3. The van der Waals surface area contributed by atoms with Crippen LogP contribution in [0.2, 0.25) is 0 Å². The minimum absolute atomic E-state index is 0.0146. The third-order valence-electron chi connectivity index (χ3n) is 20.9. The molecule has 0 radical (unpaired) electrons. The topological polar surface area (TPSA) is 0 Å². The van der Waals surface area contributed by atoms with Gasteiger partial charge in [-0.25, -0.2) is 0 Å². The molecule has 592 valence electrons. The monoisotopic (exact) mass is 1650 g/mol. The van der Waals surface area contributed by atoms with Crippen LogP contribution in [0.4, 0.5) is 0 Å². The molecule has 120 heavy (non-hydrogen) atoms. The summed E-state index contributed by atoms with van der Waals surface area (Å²) in [6.45, 7) is 22.6. The SMILES string of the molecule is CC(C)(C)c1ccc([S+](c2ccc(C(C)(C)C)cc2)c2ccc(C(C)(C)C)cc2)cc1.Cc1ccc([S+](c2ccccc2)c2ccccc2)cc1.c1ccc([S+](c2cccc3ccccc23)c2cccc3ccccc23)cc1.c1ccc([S+](c2ccccc2)c2cccc3ccccc23)cc1.c1ccc([S+](c2ccccc2)c2ccccc2)cc1. The summed E-state index contributed by atoms with van der Waals surface area (Å²) in [6, 6.07) is 169. The minimum Gasteiger partial charge on any atom is -0.0619 e. The number of rotatable bonds is 15. The molecule has 0 bridgehead atoms. The van der Waals surface area contributed by atoms with Crippen LogP contribution in [-0.2, 0) is 70.7 Å². The highest BCUT2D eigenvalue weighted by Crippen LogP contribution is 2.42. The highest BCUT2D eigenvalue weighted by molar-refractivity contribution is 7.98. The zero-order valence-corrected chi connectivity index (χ0v) is 74.6. The Hall–Kier alpha value is -11.5. The van der Waals surface area contributed by atoms with Crippen LogP contribution in [0.15, 0.2) is 541 Å². The predicted molar refractivity (Wildman–Crippen MR) is 521 cm³/mol. The molecule has 0 N–H and O–H groups in total. The van der Waals surface area contributed by atoms with E-state index in [1.165, 1.54) is 128 Å². The van der Waals surface area contributed by atoms with Crippen molar-refractivity contribution in [2.45, 2.75) is 159 Å². The lowest BCUT2D eigenvalue weighted by molar-refractivity contribution is 0.589. The molecule has 0 heterocycles. The highest BCUT2D eigenvalue weighted by atomic mass is 32.2. The Labute approximate surface area is 728 Å². The Morgan fingerprint density at radius 1 is 0.142 bits per heavy atom. The maximum Gasteiger partial charge on any atom is 0.174 e.